The van der Waals surface area contributed by atoms with Gasteiger partial charge in [0.05, 0.1) is 11.6 Å². The minimum Gasteiger partial charge on any atom is -0.276 e. The van der Waals surface area contributed by atoms with E-state index in [9.17, 15) is 4.79 Å². The highest BCUT2D eigenvalue weighted by molar-refractivity contribution is 7.97. The second-order valence-corrected chi connectivity index (χ2v) is 2.35. The van der Waals surface area contributed by atoms with Crippen molar-refractivity contribution in [2.45, 2.75) is 0 Å². The minimum atomic E-state index is -0.394. The minimum absolute atomic E-state index is 0.394. The zero-order chi connectivity index (χ0) is 8.27. The maximum atomic E-state index is 10.6. The van der Waals surface area contributed by atoms with Crippen molar-refractivity contribution in [2.75, 3.05) is 0 Å². The molecule has 11 heavy (non-hydrogen) atoms. The first-order valence-electron chi connectivity index (χ1n) is 2.95. The van der Waals surface area contributed by atoms with Gasteiger partial charge in [0.1, 0.15) is 0 Å². The molecule has 0 atom stereocenters. The summed E-state index contributed by atoms with van der Waals surface area (Å²) in [5.41, 5.74) is 0.990. The van der Waals surface area contributed by atoms with Crippen LogP contribution in [0.1, 0.15) is 15.9 Å². The van der Waals surface area contributed by atoms with E-state index in [2.05, 4.69) is 12.6 Å². The smallest absolute Gasteiger partial charge is 0.249 e. The van der Waals surface area contributed by atoms with Gasteiger partial charge in [0.15, 0.2) is 0 Å². The molecule has 53 valence electrons. The predicted octanol–water partition coefficient (Wildman–Crippen LogP) is 1.90. The molecule has 1 aromatic carbocycles. The van der Waals surface area contributed by atoms with Gasteiger partial charge in [0, 0.05) is 5.56 Å². The molecule has 0 N–H and O–H groups in total. The zero-order valence-corrected chi connectivity index (χ0v) is 6.39. The van der Waals surface area contributed by atoms with Crippen molar-refractivity contribution >= 4 is 17.7 Å². The van der Waals surface area contributed by atoms with E-state index in [1.54, 1.807) is 24.3 Å². The van der Waals surface area contributed by atoms with E-state index < -0.39 is 5.12 Å². The number of hydrogen-bond acceptors (Lipinski definition) is 2. The Bertz CT molecular complexity index is 310. The van der Waals surface area contributed by atoms with Crippen molar-refractivity contribution in [2.24, 2.45) is 0 Å². The average Bonchev–Trinajstić information content (AvgIpc) is 2.05. The molecule has 0 amide bonds. The lowest BCUT2D eigenvalue weighted by Gasteiger charge is -1.91. The van der Waals surface area contributed by atoms with Gasteiger partial charge >= 0.3 is 0 Å². The number of nitriles is 1. The molecule has 2 nitrogen and oxygen atoms in total. The lowest BCUT2D eigenvalue weighted by Crippen LogP contribution is -1.87. The van der Waals surface area contributed by atoms with Crippen molar-refractivity contribution < 1.29 is 4.79 Å². The summed E-state index contributed by atoms with van der Waals surface area (Å²) >= 11 is 4.40. The first-order valence-corrected chi connectivity index (χ1v) is 3.36. The molecular formula is C8H4NOS. The third-order valence-corrected chi connectivity index (χ3v) is 1.49. The largest absolute Gasteiger partial charge is 0.276 e. The molecule has 0 aliphatic rings. The first kappa shape index (κ1) is 7.70. The second kappa shape index (κ2) is 3.13. The number of hydrogen-bond donors (Lipinski definition) is 0. The SMILES string of the molecule is N#Cc1ccc(C(=O)[S])cc1. The van der Waals surface area contributed by atoms with E-state index in [0.717, 1.165) is 0 Å². The van der Waals surface area contributed by atoms with Crippen molar-refractivity contribution in [3.05, 3.63) is 35.4 Å². The Morgan fingerprint density at radius 2 is 1.91 bits per heavy atom. The molecule has 0 bridgehead atoms. The van der Waals surface area contributed by atoms with E-state index in [-0.39, 0.29) is 0 Å². The molecule has 0 fully saturated rings. The van der Waals surface area contributed by atoms with Crippen molar-refractivity contribution in [3.8, 4) is 6.07 Å². The predicted molar refractivity (Wildman–Crippen MR) is 43.1 cm³/mol. The van der Waals surface area contributed by atoms with Gasteiger partial charge in [-0.2, -0.15) is 5.26 Å². The van der Waals surface area contributed by atoms with Gasteiger partial charge in [0.25, 0.3) is 0 Å². The average molecular weight is 162 g/mol. The Hall–Kier alpha value is -1.40. The summed E-state index contributed by atoms with van der Waals surface area (Å²) in [7, 11) is 0. The quantitative estimate of drug-likeness (QED) is 0.632. The van der Waals surface area contributed by atoms with E-state index in [0.29, 0.717) is 11.1 Å². The molecule has 0 saturated heterocycles. The summed E-state index contributed by atoms with van der Waals surface area (Å²) in [5, 5.41) is 8.01. The molecule has 0 heterocycles. The molecule has 1 rings (SSSR count). The summed E-state index contributed by atoms with van der Waals surface area (Å²) in [6, 6.07) is 8.18. The Kier molecular flexibility index (Phi) is 2.19. The van der Waals surface area contributed by atoms with Crippen LogP contribution in [0.15, 0.2) is 24.3 Å². The fourth-order valence-corrected chi connectivity index (χ4v) is 0.817. The molecule has 0 aromatic heterocycles. The van der Waals surface area contributed by atoms with Crippen molar-refractivity contribution in [1.82, 2.24) is 0 Å². The highest BCUT2D eigenvalue weighted by atomic mass is 32.1. The lowest BCUT2D eigenvalue weighted by atomic mass is 10.2. The third-order valence-electron chi connectivity index (χ3n) is 1.25. The van der Waals surface area contributed by atoms with E-state index in [1.807, 2.05) is 6.07 Å². The zero-order valence-electron chi connectivity index (χ0n) is 5.57. The Labute approximate surface area is 69.9 Å². The Balaban J connectivity index is 3.03. The van der Waals surface area contributed by atoms with Crippen LogP contribution in [0.2, 0.25) is 0 Å². The van der Waals surface area contributed by atoms with Gasteiger partial charge in [-0.05, 0) is 36.9 Å². The Morgan fingerprint density at radius 1 is 1.36 bits per heavy atom. The molecular weight excluding hydrogens is 158 g/mol. The molecule has 1 radical (unpaired) electrons. The topological polar surface area (TPSA) is 40.9 Å². The maximum Gasteiger partial charge on any atom is 0.249 e. The summed E-state index contributed by atoms with van der Waals surface area (Å²) in [6.07, 6.45) is 0. The molecule has 0 spiro atoms. The molecule has 0 unspecified atom stereocenters. The van der Waals surface area contributed by atoms with Crippen LogP contribution in [-0.2, 0) is 0 Å². The Morgan fingerprint density at radius 3 is 2.27 bits per heavy atom. The van der Waals surface area contributed by atoms with Crippen molar-refractivity contribution in [1.29, 1.82) is 5.26 Å². The normalized spacial score (nSPS) is 8.64. The standard InChI is InChI=1S/C8H4NOS/c9-5-6-1-3-7(4-2-6)8(10)11/h1-4H. The number of nitrogens with zero attached hydrogens (tertiary/aromatic N) is 1. The summed E-state index contributed by atoms with van der Waals surface area (Å²) < 4.78 is 0. The number of rotatable bonds is 1. The van der Waals surface area contributed by atoms with Crippen LogP contribution in [0.25, 0.3) is 0 Å². The first-order chi connectivity index (χ1) is 5.24. The van der Waals surface area contributed by atoms with Crippen LogP contribution >= 0.6 is 12.6 Å². The molecule has 3 heteroatoms. The highest BCUT2D eigenvalue weighted by Gasteiger charge is 1.99. The van der Waals surface area contributed by atoms with Gasteiger partial charge < -0.3 is 0 Å². The summed E-state index contributed by atoms with van der Waals surface area (Å²) in [4.78, 5) is 10.6. The fraction of sp³-hybridized carbons (Fsp3) is 0. The van der Waals surface area contributed by atoms with Crippen LogP contribution in [0.3, 0.4) is 0 Å². The molecule has 1 aromatic rings. The van der Waals surface area contributed by atoms with Crippen LogP contribution in [0.5, 0.6) is 0 Å². The maximum absolute atomic E-state index is 10.6. The van der Waals surface area contributed by atoms with Crippen LogP contribution < -0.4 is 0 Å². The van der Waals surface area contributed by atoms with E-state index in [1.165, 1.54) is 0 Å². The number of carbonyl (C=O) groups excluding carboxylic acids is 1. The third kappa shape index (κ3) is 1.76. The van der Waals surface area contributed by atoms with E-state index in [4.69, 9.17) is 5.26 Å². The monoisotopic (exact) mass is 162 g/mol. The van der Waals surface area contributed by atoms with E-state index >= 15 is 0 Å². The van der Waals surface area contributed by atoms with Crippen LogP contribution in [0, 0.1) is 11.3 Å². The van der Waals surface area contributed by atoms with Crippen LogP contribution in [-0.4, -0.2) is 5.12 Å². The highest BCUT2D eigenvalue weighted by Crippen LogP contribution is 2.05. The number of benzene rings is 1. The van der Waals surface area contributed by atoms with Crippen LogP contribution in [0.4, 0.5) is 0 Å². The van der Waals surface area contributed by atoms with Gasteiger partial charge in [-0.1, -0.05) is 0 Å². The number of carbonyl (C=O) groups is 1. The summed E-state index contributed by atoms with van der Waals surface area (Å²) in [5.74, 6) is 0. The second-order valence-electron chi connectivity index (χ2n) is 1.98. The van der Waals surface area contributed by atoms with Crippen molar-refractivity contribution in [3.63, 3.8) is 0 Å². The summed E-state index contributed by atoms with van der Waals surface area (Å²) in [6.45, 7) is 0. The molecule has 0 aliphatic heterocycles. The van der Waals surface area contributed by atoms with Gasteiger partial charge in [-0.15, -0.1) is 0 Å². The molecule has 0 aliphatic carbocycles. The molecule has 0 saturated carbocycles. The lowest BCUT2D eigenvalue weighted by molar-refractivity contribution is 0.109. The van der Waals surface area contributed by atoms with Gasteiger partial charge in [0.2, 0.25) is 5.12 Å². The van der Waals surface area contributed by atoms with Gasteiger partial charge in [-0.25, -0.2) is 0 Å². The fourth-order valence-electron chi connectivity index (χ4n) is 0.681. The van der Waals surface area contributed by atoms with Gasteiger partial charge in [-0.3, -0.25) is 4.79 Å².